The number of hydrazine groups is 1. The monoisotopic (exact) mass is 189 g/mol. The Labute approximate surface area is 84.4 Å². The topological polar surface area (TPSA) is 27.6 Å². The van der Waals surface area contributed by atoms with Crippen molar-refractivity contribution in [3.8, 4) is 0 Å². The molecule has 3 nitrogen and oxygen atoms in total. The first-order valence-corrected chi connectivity index (χ1v) is 4.81. The fourth-order valence-corrected chi connectivity index (χ4v) is 1.81. The molecule has 1 atom stereocenters. The minimum atomic E-state index is 0.412. The molecule has 1 aliphatic rings. The summed E-state index contributed by atoms with van der Waals surface area (Å²) < 4.78 is 0. The summed E-state index contributed by atoms with van der Waals surface area (Å²) in [5, 5.41) is 2.11. The Balaban J connectivity index is 2.21. The number of rotatable bonds is 1. The van der Waals surface area contributed by atoms with Gasteiger partial charge in [0.2, 0.25) is 0 Å². The molecular weight excluding hydrogens is 174 g/mol. The van der Waals surface area contributed by atoms with E-state index >= 15 is 0 Å². The molecule has 0 bridgehead atoms. The van der Waals surface area contributed by atoms with E-state index in [1.165, 1.54) is 5.56 Å². The lowest BCUT2D eigenvalue weighted by Crippen LogP contribution is -2.30. The summed E-state index contributed by atoms with van der Waals surface area (Å²) in [5.74, 6) is 1.06. The summed E-state index contributed by atoms with van der Waals surface area (Å²) in [6.45, 7) is 0. The van der Waals surface area contributed by atoms with Gasteiger partial charge in [-0.1, -0.05) is 30.3 Å². The second-order valence-corrected chi connectivity index (χ2v) is 3.52. The van der Waals surface area contributed by atoms with Crippen molar-refractivity contribution in [2.45, 2.75) is 12.5 Å². The van der Waals surface area contributed by atoms with Crippen LogP contribution in [0.2, 0.25) is 0 Å². The van der Waals surface area contributed by atoms with Gasteiger partial charge in [-0.25, -0.2) is 5.01 Å². The van der Waals surface area contributed by atoms with Crippen LogP contribution >= 0.6 is 0 Å². The highest BCUT2D eigenvalue weighted by molar-refractivity contribution is 5.84. The van der Waals surface area contributed by atoms with Crippen molar-refractivity contribution in [2.24, 2.45) is 4.99 Å². The predicted molar refractivity (Wildman–Crippen MR) is 58.1 cm³/mol. The van der Waals surface area contributed by atoms with Gasteiger partial charge in [0.25, 0.3) is 0 Å². The summed E-state index contributed by atoms with van der Waals surface area (Å²) in [5.41, 5.74) is 4.57. The maximum absolute atomic E-state index is 4.18. The molecule has 1 fully saturated rings. The van der Waals surface area contributed by atoms with Crippen LogP contribution in [0.3, 0.4) is 0 Å². The summed E-state index contributed by atoms with van der Waals surface area (Å²) in [6.07, 6.45) is 0.969. The molecule has 1 N–H and O–H groups in total. The standard InChI is InChI=1S/C11H15N3/c1-12-11-8-10(14(2)13-11)9-6-4-3-5-7-9/h3-7,10H,8H2,1-2H3,(H,12,13). The molecule has 1 aliphatic heterocycles. The average Bonchev–Trinajstić information content (AvgIpc) is 2.61. The zero-order valence-corrected chi connectivity index (χ0v) is 8.57. The lowest BCUT2D eigenvalue weighted by atomic mass is 10.0. The second kappa shape index (κ2) is 3.80. The van der Waals surface area contributed by atoms with E-state index in [0.717, 1.165) is 12.3 Å². The van der Waals surface area contributed by atoms with Crippen molar-refractivity contribution in [1.82, 2.24) is 10.4 Å². The van der Waals surface area contributed by atoms with Gasteiger partial charge in [0, 0.05) is 20.5 Å². The molecule has 3 heteroatoms. The van der Waals surface area contributed by atoms with Crippen molar-refractivity contribution in [3.05, 3.63) is 35.9 Å². The van der Waals surface area contributed by atoms with Crippen LogP contribution in [0.1, 0.15) is 18.0 Å². The molecule has 0 spiro atoms. The maximum Gasteiger partial charge on any atom is 0.112 e. The van der Waals surface area contributed by atoms with Gasteiger partial charge in [-0.3, -0.25) is 4.99 Å². The largest absolute Gasteiger partial charge is 0.307 e. The Morgan fingerprint density at radius 2 is 2.07 bits per heavy atom. The third-order valence-corrected chi connectivity index (χ3v) is 2.61. The van der Waals surface area contributed by atoms with Crippen LogP contribution < -0.4 is 5.43 Å². The summed E-state index contributed by atoms with van der Waals surface area (Å²) in [6, 6.07) is 10.9. The van der Waals surface area contributed by atoms with E-state index in [0.29, 0.717) is 6.04 Å². The van der Waals surface area contributed by atoms with Gasteiger partial charge in [0.1, 0.15) is 5.84 Å². The van der Waals surface area contributed by atoms with Gasteiger partial charge in [0.15, 0.2) is 0 Å². The number of amidine groups is 1. The van der Waals surface area contributed by atoms with Crippen LogP contribution in [0.5, 0.6) is 0 Å². The molecule has 0 amide bonds. The first-order chi connectivity index (χ1) is 6.81. The Bertz CT molecular complexity index is 332. The van der Waals surface area contributed by atoms with Gasteiger partial charge >= 0.3 is 0 Å². The van der Waals surface area contributed by atoms with Crippen molar-refractivity contribution in [1.29, 1.82) is 0 Å². The van der Waals surface area contributed by atoms with Gasteiger partial charge in [-0.15, -0.1) is 0 Å². The van der Waals surface area contributed by atoms with E-state index in [2.05, 4.69) is 46.7 Å². The molecule has 1 heterocycles. The smallest absolute Gasteiger partial charge is 0.112 e. The number of nitrogens with zero attached hydrogens (tertiary/aromatic N) is 2. The highest BCUT2D eigenvalue weighted by Crippen LogP contribution is 2.25. The van der Waals surface area contributed by atoms with E-state index in [4.69, 9.17) is 0 Å². The van der Waals surface area contributed by atoms with E-state index in [1.807, 2.05) is 13.1 Å². The van der Waals surface area contributed by atoms with Gasteiger partial charge in [-0.05, 0) is 5.56 Å². The number of aliphatic imine (C=N–C) groups is 1. The molecule has 2 rings (SSSR count). The summed E-state index contributed by atoms with van der Waals surface area (Å²) in [7, 11) is 3.87. The van der Waals surface area contributed by atoms with Crippen LogP contribution in [0.4, 0.5) is 0 Å². The van der Waals surface area contributed by atoms with Gasteiger partial charge in [0.05, 0.1) is 6.04 Å². The molecule has 1 aromatic carbocycles. The van der Waals surface area contributed by atoms with Crippen molar-refractivity contribution < 1.29 is 0 Å². The van der Waals surface area contributed by atoms with Crippen molar-refractivity contribution in [3.63, 3.8) is 0 Å². The molecule has 14 heavy (non-hydrogen) atoms. The molecular formula is C11H15N3. The van der Waals surface area contributed by atoms with Crippen LogP contribution in [-0.4, -0.2) is 24.9 Å². The quantitative estimate of drug-likeness (QED) is 0.726. The zero-order chi connectivity index (χ0) is 9.97. The first kappa shape index (κ1) is 9.21. The van der Waals surface area contributed by atoms with E-state index in [1.54, 1.807) is 0 Å². The normalized spacial score (nSPS) is 25.3. The third-order valence-electron chi connectivity index (χ3n) is 2.61. The van der Waals surface area contributed by atoms with E-state index in [-0.39, 0.29) is 0 Å². The Morgan fingerprint density at radius 3 is 2.64 bits per heavy atom. The van der Waals surface area contributed by atoms with E-state index in [9.17, 15) is 0 Å². The molecule has 0 saturated carbocycles. The fraction of sp³-hybridized carbons (Fsp3) is 0.364. The molecule has 0 radical (unpaired) electrons. The zero-order valence-electron chi connectivity index (χ0n) is 8.57. The van der Waals surface area contributed by atoms with Crippen LogP contribution in [0.25, 0.3) is 0 Å². The fourth-order valence-electron chi connectivity index (χ4n) is 1.81. The lowest BCUT2D eigenvalue weighted by molar-refractivity contribution is 0.251. The highest BCUT2D eigenvalue weighted by atomic mass is 15.5. The van der Waals surface area contributed by atoms with Crippen molar-refractivity contribution >= 4 is 5.84 Å². The maximum atomic E-state index is 4.18. The molecule has 1 aromatic rings. The first-order valence-electron chi connectivity index (χ1n) is 4.81. The average molecular weight is 189 g/mol. The summed E-state index contributed by atoms with van der Waals surface area (Å²) in [4.78, 5) is 4.18. The van der Waals surface area contributed by atoms with Crippen LogP contribution in [-0.2, 0) is 0 Å². The minimum absolute atomic E-state index is 0.412. The van der Waals surface area contributed by atoms with Gasteiger partial charge in [-0.2, -0.15) is 0 Å². The molecule has 1 unspecified atom stereocenters. The number of hydrogen-bond donors (Lipinski definition) is 1. The van der Waals surface area contributed by atoms with E-state index < -0.39 is 0 Å². The Hall–Kier alpha value is -1.35. The molecule has 1 saturated heterocycles. The molecule has 0 aromatic heterocycles. The highest BCUT2D eigenvalue weighted by Gasteiger charge is 2.26. The van der Waals surface area contributed by atoms with Gasteiger partial charge < -0.3 is 5.43 Å². The molecule has 74 valence electrons. The SMILES string of the molecule is CN=C1CC(c2ccccc2)N(C)N1. The number of nitrogens with one attached hydrogen (secondary N) is 1. The lowest BCUT2D eigenvalue weighted by Gasteiger charge is -2.18. The van der Waals surface area contributed by atoms with Crippen molar-refractivity contribution in [2.75, 3.05) is 14.1 Å². The minimum Gasteiger partial charge on any atom is -0.307 e. The Morgan fingerprint density at radius 1 is 1.36 bits per heavy atom. The van der Waals surface area contributed by atoms with Crippen LogP contribution in [0.15, 0.2) is 35.3 Å². The summed E-state index contributed by atoms with van der Waals surface area (Å²) >= 11 is 0. The number of benzene rings is 1. The number of hydrogen-bond acceptors (Lipinski definition) is 2. The predicted octanol–water partition coefficient (Wildman–Crippen LogP) is 1.60. The second-order valence-electron chi connectivity index (χ2n) is 3.52. The third kappa shape index (κ3) is 1.63. The van der Waals surface area contributed by atoms with Crippen LogP contribution in [0, 0.1) is 0 Å². The molecule has 0 aliphatic carbocycles. The Kier molecular flexibility index (Phi) is 2.50.